The summed E-state index contributed by atoms with van der Waals surface area (Å²) in [6, 6.07) is 16.0. The molecule has 2 heterocycles. The van der Waals surface area contributed by atoms with E-state index in [-0.39, 0.29) is 11.8 Å². The number of methoxy groups -OCH3 is 1. The van der Waals surface area contributed by atoms with E-state index in [1.165, 1.54) is 0 Å². The Hall–Kier alpha value is -3.12. The second kappa shape index (κ2) is 9.79. The molecule has 31 heavy (non-hydrogen) atoms. The van der Waals surface area contributed by atoms with Gasteiger partial charge in [0.2, 0.25) is 5.91 Å². The summed E-state index contributed by atoms with van der Waals surface area (Å²) in [6.07, 6.45) is 5.81. The van der Waals surface area contributed by atoms with Crippen LogP contribution < -0.4 is 10.1 Å². The molecule has 1 aliphatic rings. The fourth-order valence-electron chi connectivity index (χ4n) is 4.19. The van der Waals surface area contributed by atoms with E-state index in [4.69, 9.17) is 4.74 Å². The lowest BCUT2D eigenvalue weighted by Gasteiger charge is -2.31. The van der Waals surface area contributed by atoms with E-state index in [9.17, 15) is 4.79 Å². The summed E-state index contributed by atoms with van der Waals surface area (Å²) < 4.78 is 7.47. The standard InChI is InChI=1S/C25H30N4O2/c1-3-29-15-13-26-24(29)18-28-14-5-7-21(17-28)25(30)27-22-11-9-19(10-12-22)20-6-4-8-23(16-20)31-2/h4,6,8-13,15-16,21H,3,5,7,14,17-18H2,1-2H3,(H,27,30). The van der Waals surface area contributed by atoms with E-state index in [1.54, 1.807) is 7.11 Å². The Balaban J connectivity index is 1.36. The molecule has 1 N–H and O–H groups in total. The zero-order chi connectivity index (χ0) is 21.6. The highest BCUT2D eigenvalue weighted by Crippen LogP contribution is 2.26. The predicted octanol–water partition coefficient (Wildman–Crippen LogP) is 4.43. The number of nitrogens with zero attached hydrogens (tertiary/aromatic N) is 3. The van der Waals surface area contributed by atoms with Crippen molar-refractivity contribution >= 4 is 11.6 Å². The molecule has 1 fully saturated rings. The SMILES string of the molecule is CCn1ccnc1CN1CCCC(C(=O)Nc2ccc(-c3cccc(OC)c3)cc2)C1. The third-order valence-electron chi connectivity index (χ3n) is 5.94. The first-order valence-electron chi connectivity index (χ1n) is 10.9. The summed E-state index contributed by atoms with van der Waals surface area (Å²) in [5.41, 5.74) is 3.01. The number of carbonyl (C=O) groups excluding carboxylic acids is 1. The lowest BCUT2D eigenvalue weighted by Crippen LogP contribution is -2.40. The number of nitrogens with one attached hydrogen (secondary N) is 1. The van der Waals surface area contributed by atoms with E-state index in [0.717, 1.165) is 67.4 Å². The molecule has 0 saturated carbocycles. The highest BCUT2D eigenvalue weighted by atomic mass is 16.5. The maximum Gasteiger partial charge on any atom is 0.228 e. The molecule has 0 bridgehead atoms. The minimum absolute atomic E-state index is 0.00292. The van der Waals surface area contributed by atoms with Gasteiger partial charge in [-0.25, -0.2) is 4.98 Å². The number of aromatic nitrogens is 2. The van der Waals surface area contributed by atoms with Crippen LogP contribution in [0.15, 0.2) is 60.9 Å². The van der Waals surface area contributed by atoms with Crippen LogP contribution in [0.1, 0.15) is 25.6 Å². The van der Waals surface area contributed by atoms with Gasteiger partial charge in [-0.3, -0.25) is 9.69 Å². The van der Waals surface area contributed by atoms with Gasteiger partial charge < -0.3 is 14.6 Å². The number of ether oxygens (including phenoxy) is 1. The number of likely N-dealkylation sites (tertiary alicyclic amines) is 1. The molecule has 0 spiro atoms. The second-order valence-corrected chi connectivity index (χ2v) is 8.00. The van der Waals surface area contributed by atoms with E-state index >= 15 is 0 Å². The van der Waals surface area contributed by atoms with Gasteiger partial charge in [0.15, 0.2) is 0 Å². The van der Waals surface area contributed by atoms with E-state index < -0.39 is 0 Å². The minimum Gasteiger partial charge on any atom is -0.497 e. The molecular formula is C25H30N4O2. The molecule has 0 aliphatic carbocycles. The average Bonchev–Trinajstić information content (AvgIpc) is 3.27. The van der Waals surface area contributed by atoms with Crippen molar-refractivity contribution in [3.05, 3.63) is 66.7 Å². The second-order valence-electron chi connectivity index (χ2n) is 8.00. The molecule has 4 rings (SSSR count). The number of hydrogen-bond donors (Lipinski definition) is 1. The molecule has 1 aromatic heterocycles. The highest BCUT2D eigenvalue weighted by Gasteiger charge is 2.26. The zero-order valence-corrected chi connectivity index (χ0v) is 18.3. The van der Waals surface area contributed by atoms with Crippen LogP contribution in [0.3, 0.4) is 0 Å². The summed E-state index contributed by atoms with van der Waals surface area (Å²) in [5, 5.41) is 3.10. The molecule has 0 radical (unpaired) electrons. The number of hydrogen-bond acceptors (Lipinski definition) is 4. The quantitative estimate of drug-likeness (QED) is 0.617. The Kier molecular flexibility index (Phi) is 6.67. The molecule has 162 valence electrons. The van der Waals surface area contributed by atoms with E-state index in [2.05, 4.69) is 32.8 Å². The van der Waals surface area contributed by atoms with Crippen molar-refractivity contribution in [2.45, 2.75) is 32.9 Å². The van der Waals surface area contributed by atoms with Gasteiger partial charge in [0.1, 0.15) is 11.6 Å². The highest BCUT2D eigenvalue weighted by molar-refractivity contribution is 5.93. The Morgan fingerprint density at radius 3 is 2.81 bits per heavy atom. The van der Waals surface area contributed by atoms with Crippen LogP contribution in [-0.4, -0.2) is 40.6 Å². The Morgan fingerprint density at radius 1 is 1.19 bits per heavy atom. The van der Waals surface area contributed by atoms with E-state index in [1.807, 2.05) is 54.9 Å². The van der Waals surface area contributed by atoms with Crippen molar-refractivity contribution in [2.75, 3.05) is 25.5 Å². The van der Waals surface area contributed by atoms with Gasteiger partial charge in [-0.15, -0.1) is 0 Å². The monoisotopic (exact) mass is 418 g/mol. The number of piperidine rings is 1. The third kappa shape index (κ3) is 5.14. The zero-order valence-electron chi connectivity index (χ0n) is 18.3. The summed E-state index contributed by atoms with van der Waals surface area (Å²) in [5.74, 6) is 1.99. The largest absolute Gasteiger partial charge is 0.497 e. The number of benzene rings is 2. The van der Waals surface area contributed by atoms with Gasteiger partial charge in [-0.1, -0.05) is 24.3 Å². The van der Waals surface area contributed by atoms with E-state index in [0.29, 0.717) is 0 Å². The van der Waals surface area contributed by atoms with Crippen LogP contribution in [0.4, 0.5) is 5.69 Å². The third-order valence-corrected chi connectivity index (χ3v) is 5.94. The minimum atomic E-state index is -0.00292. The molecular weight excluding hydrogens is 388 g/mol. The molecule has 2 aromatic carbocycles. The van der Waals surface area contributed by atoms with Crippen LogP contribution in [-0.2, 0) is 17.9 Å². The first kappa shape index (κ1) is 21.1. The molecule has 1 aliphatic heterocycles. The average molecular weight is 419 g/mol. The predicted molar refractivity (Wildman–Crippen MR) is 123 cm³/mol. The van der Waals surface area contributed by atoms with Crippen molar-refractivity contribution in [3.63, 3.8) is 0 Å². The smallest absolute Gasteiger partial charge is 0.228 e. The first-order valence-corrected chi connectivity index (χ1v) is 10.9. The lowest BCUT2D eigenvalue weighted by atomic mass is 9.97. The summed E-state index contributed by atoms with van der Waals surface area (Å²) >= 11 is 0. The fourth-order valence-corrected chi connectivity index (χ4v) is 4.19. The summed E-state index contributed by atoms with van der Waals surface area (Å²) in [4.78, 5) is 19.7. The Bertz CT molecular complexity index is 1010. The van der Waals surface area contributed by atoms with Crippen molar-refractivity contribution in [2.24, 2.45) is 5.92 Å². The van der Waals surface area contributed by atoms with Crippen LogP contribution >= 0.6 is 0 Å². The number of anilines is 1. The topological polar surface area (TPSA) is 59.4 Å². The summed E-state index contributed by atoms with van der Waals surface area (Å²) in [6.45, 7) is 5.61. The number of imidazole rings is 1. The molecule has 6 nitrogen and oxygen atoms in total. The van der Waals surface area contributed by atoms with Crippen LogP contribution in [0.2, 0.25) is 0 Å². The molecule has 1 atom stereocenters. The van der Waals surface area contributed by atoms with Crippen LogP contribution in [0.5, 0.6) is 5.75 Å². The van der Waals surface area contributed by atoms with Gasteiger partial charge in [0.25, 0.3) is 0 Å². The fraction of sp³-hybridized carbons (Fsp3) is 0.360. The Morgan fingerprint density at radius 2 is 2.03 bits per heavy atom. The van der Waals surface area contributed by atoms with Gasteiger partial charge in [-0.2, -0.15) is 0 Å². The maximum atomic E-state index is 12.9. The summed E-state index contributed by atoms with van der Waals surface area (Å²) in [7, 11) is 1.67. The Labute approximate surface area is 183 Å². The molecule has 3 aromatic rings. The molecule has 1 saturated heterocycles. The van der Waals surface area contributed by atoms with Gasteiger partial charge in [0.05, 0.1) is 19.6 Å². The number of carbonyl (C=O) groups is 1. The lowest BCUT2D eigenvalue weighted by molar-refractivity contribution is -0.121. The van der Waals surface area contributed by atoms with Crippen molar-refractivity contribution in [1.29, 1.82) is 0 Å². The normalized spacial score (nSPS) is 16.8. The maximum absolute atomic E-state index is 12.9. The molecule has 1 amide bonds. The van der Waals surface area contributed by atoms with Gasteiger partial charge in [0, 0.05) is 31.2 Å². The molecule has 1 unspecified atom stereocenters. The first-order chi connectivity index (χ1) is 15.2. The number of aryl methyl sites for hydroxylation is 1. The van der Waals surface area contributed by atoms with Crippen LogP contribution in [0, 0.1) is 5.92 Å². The van der Waals surface area contributed by atoms with Gasteiger partial charge in [-0.05, 0) is 61.7 Å². The van der Waals surface area contributed by atoms with Crippen molar-refractivity contribution in [3.8, 4) is 16.9 Å². The van der Waals surface area contributed by atoms with Crippen LogP contribution in [0.25, 0.3) is 11.1 Å². The number of amides is 1. The van der Waals surface area contributed by atoms with Crippen molar-refractivity contribution in [1.82, 2.24) is 14.5 Å². The molecule has 6 heteroatoms. The van der Waals surface area contributed by atoms with Gasteiger partial charge >= 0.3 is 0 Å². The van der Waals surface area contributed by atoms with Crippen molar-refractivity contribution < 1.29 is 9.53 Å². The number of rotatable bonds is 7.